The van der Waals surface area contributed by atoms with Gasteiger partial charge in [-0.25, -0.2) is 17.6 Å². The Hall–Kier alpha value is -2.71. The van der Waals surface area contributed by atoms with E-state index in [4.69, 9.17) is 4.74 Å². The molecule has 0 aliphatic heterocycles. The summed E-state index contributed by atoms with van der Waals surface area (Å²) in [6.45, 7) is -0.0745. The van der Waals surface area contributed by atoms with Crippen LogP contribution < -0.4 is 5.32 Å². The van der Waals surface area contributed by atoms with E-state index >= 15 is 0 Å². The molecule has 1 amide bonds. The number of ether oxygens (including phenoxy) is 1. The molecule has 1 heterocycles. The molecule has 0 radical (unpaired) electrons. The summed E-state index contributed by atoms with van der Waals surface area (Å²) >= 11 is 1.27. The van der Waals surface area contributed by atoms with Gasteiger partial charge in [0.15, 0.2) is 9.84 Å². The molecule has 0 saturated heterocycles. The molecular weight excluding hydrogens is 401 g/mol. The molecule has 1 N–H and O–H groups in total. The van der Waals surface area contributed by atoms with Crippen molar-refractivity contribution in [3.05, 3.63) is 88.4 Å². The third-order valence-corrected chi connectivity index (χ3v) is 7.26. The highest BCUT2D eigenvalue weighted by molar-refractivity contribution is 7.91. The molecule has 5 nitrogen and oxygen atoms in total. The summed E-state index contributed by atoms with van der Waals surface area (Å²) in [7, 11) is -3.83. The normalized spacial score (nSPS) is 12.3. The van der Waals surface area contributed by atoms with Gasteiger partial charge in [-0.15, -0.1) is 11.3 Å². The first-order valence-electron chi connectivity index (χ1n) is 8.44. The summed E-state index contributed by atoms with van der Waals surface area (Å²) in [6, 6.07) is 17.2. The fraction of sp³-hybridized carbons (Fsp3) is 0.150. The summed E-state index contributed by atoms with van der Waals surface area (Å²) in [6.07, 6.45) is -0.709. The fourth-order valence-corrected chi connectivity index (χ4v) is 5.36. The molecule has 0 saturated carbocycles. The first-order chi connectivity index (χ1) is 13.5. The molecule has 1 atom stereocenters. The molecule has 0 aliphatic carbocycles. The van der Waals surface area contributed by atoms with Crippen molar-refractivity contribution in [2.75, 3.05) is 6.54 Å². The average Bonchev–Trinajstić information content (AvgIpc) is 3.22. The van der Waals surface area contributed by atoms with Crippen LogP contribution in [-0.2, 0) is 21.2 Å². The van der Waals surface area contributed by atoms with Gasteiger partial charge in [-0.2, -0.15) is 0 Å². The van der Waals surface area contributed by atoms with Crippen LogP contribution in [-0.4, -0.2) is 21.1 Å². The second-order valence-corrected chi connectivity index (χ2v) is 9.06. The van der Waals surface area contributed by atoms with E-state index in [1.165, 1.54) is 23.5 Å². The highest BCUT2D eigenvalue weighted by Gasteiger charge is 2.30. The Morgan fingerprint density at radius 1 is 1.04 bits per heavy atom. The maximum absolute atomic E-state index is 13.2. The molecule has 0 aliphatic rings. The lowest BCUT2D eigenvalue weighted by Crippen LogP contribution is -2.32. The zero-order valence-corrected chi connectivity index (χ0v) is 16.4. The van der Waals surface area contributed by atoms with E-state index in [0.29, 0.717) is 4.88 Å². The van der Waals surface area contributed by atoms with E-state index in [9.17, 15) is 17.6 Å². The Kier molecular flexibility index (Phi) is 6.43. The second kappa shape index (κ2) is 8.99. The van der Waals surface area contributed by atoms with Gasteiger partial charge in [-0.1, -0.05) is 36.4 Å². The highest BCUT2D eigenvalue weighted by atomic mass is 32.2. The van der Waals surface area contributed by atoms with Gasteiger partial charge in [0, 0.05) is 11.4 Å². The van der Waals surface area contributed by atoms with Crippen LogP contribution in [0.4, 0.5) is 9.18 Å². The third kappa shape index (κ3) is 4.96. The van der Waals surface area contributed by atoms with Crippen molar-refractivity contribution >= 4 is 27.3 Å². The van der Waals surface area contributed by atoms with E-state index < -0.39 is 27.0 Å². The van der Waals surface area contributed by atoms with Gasteiger partial charge in [0.1, 0.15) is 17.7 Å². The Morgan fingerprint density at radius 3 is 2.39 bits per heavy atom. The number of halogens is 1. The van der Waals surface area contributed by atoms with Crippen LogP contribution in [0.15, 0.2) is 77.0 Å². The Balaban J connectivity index is 1.71. The quantitative estimate of drug-likeness (QED) is 0.579. The lowest BCUT2D eigenvalue weighted by atomic mass is 10.2. The molecule has 146 valence electrons. The zero-order chi connectivity index (χ0) is 20.0. The first kappa shape index (κ1) is 20.0. The van der Waals surface area contributed by atoms with Crippen molar-refractivity contribution in [1.82, 2.24) is 5.32 Å². The number of carbonyl (C=O) groups is 1. The van der Waals surface area contributed by atoms with Crippen LogP contribution in [0.3, 0.4) is 0 Å². The van der Waals surface area contributed by atoms with Gasteiger partial charge in [-0.3, -0.25) is 0 Å². The fourth-order valence-electron chi connectivity index (χ4n) is 2.58. The smallest absolute Gasteiger partial charge is 0.407 e. The first-order valence-corrected chi connectivity index (χ1v) is 10.9. The summed E-state index contributed by atoms with van der Waals surface area (Å²) in [5.41, 5.74) is 0.825. The topological polar surface area (TPSA) is 72.5 Å². The molecule has 3 rings (SSSR count). The molecule has 28 heavy (non-hydrogen) atoms. The lowest BCUT2D eigenvalue weighted by molar-refractivity contribution is 0.139. The van der Waals surface area contributed by atoms with Crippen LogP contribution in [0, 0.1) is 5.82 Å². The number of amides is 1. The van der Waals surface area contributed by atoms with Crippen molar-refractivity contribution < 1.29 is 22.3 Å². The van der Waals surface area contributed by atoms with Gasteiger partial charge in [-0.05, 0) is 41.3 Å². The number of nitrogens with one attached hydrogen (secondary N) is 1. The third-order valence-electron chi connectivity index (χ3n) is 4.02. The molecule has 0 unspecified atom stereocenters. The van der Waals surface area contributed by atoms with Crippen molar-refractivity contribution in [2.45, 2.75) is 16.8 Å². The van der Waals surface area contributed by atoms with E-state index in [0.717, 1.165) is 17.7 Å². The van der Waals surface area contributed by atoms with Gasteiger partial charge in [0.05, 0.1) is 4.90 Å². The lowest BCUT2D eigenvalue weighted by Gasteiger charge is -2.17. The highest BCUT2D eigenvalue weighted by Crippen LogP contribution is 2.31. The maximum Gasteiger partial charge on any atom is 0.407 e. The van der Waals surface area contributed by atoms with Crippen LogP contribution in [0.5, 0.6) is 0 Å². The molecule has 8 heteroatoms. The summed E-state index contributed by atoms with van der Waals surface area (Å²) < 4.78 is 44.4. The van der Waals surface area contributed by atoms with Gasteiger partial charge in [0.25, 0.3) is 0 Å². The number of carbonyl (C=O) groups excluding carboxylic acids is 1. The summed E-state index contributed by atoms with van der Waals surface area (Å²) in [5.74, 6) is -0.519. The monoisotopic (exact) mass is 419 g/mol. The number of alkyl carbamates (subject to hydrolysis) is 1. The number of rotatable bonds is 7. The molecule has 1 aromatic heterocycles. The number of benzene rings is 2. The van der Waals surface area contributed by atoms with Crippen LogP contribution >= 0.6 is 11.3 Å². The van der Waals surface area contributed by atoms with Gasteiger partial charge < -0.3 is 10.1 Å². The van der Waals surface area contributed by atoms with E-state index in [1.807, 2.05) is 30.3 Å². The Labute approximate surface area is 166 Å². The average molecular weight is 419 g/mol. The molecule has 3 aromatic rings. The zero-order valence-electron chi connectivity index (χ0n) is 14.7. The predicted molar refractivity (Wildman–Crippen MR) is 105 cm³/mol. The summed E-state index contributed by atoms with van der Waals surface area (Å²) in [5, 5.41) is 3.28. The summed E-state index contributed by atoms with van der Waals surface area (Å²) in [4.78, 5) is 12.6. The number of thiophene rings is 1. The minimum absolute atomic E-state index is 0.00764. The molecular formula is C20H18FNO4S2. The van der Waals surface area contributed by atoms with Crippen molar-refractivity contribution in [1.29, 1.82) is 0 Å². The molecule has 2 aromatic carbocycles. The SMILES string of the molecule is O=C(NC[C@@H](c1cccs1)S(=O)(=O)c1ccc(F)cc1)OCc1ccccc1. The van der Waals surface area contributed by atoms with Crippen LogP contribution in [0.25, 0.3) is 0 Å². The predicted octanol–water partition coefficient (Wildman–Crippen LogP) is 4.33. The Morgan fingerprint density at radius 2 is 1.75 bits per heavy atom. The maximum atomic E-state index is 13.2. The number of hydrogen-bond acceptors (Lipinski definition) is 5. The van der Waals surface area contributed by atoms with E-state index in [2.05, 4.69) is 5.32 Å². The van der Waals surface area contributed by atoms with E-state index in [-0.39, 0.29) is 18.0 Å². The van der Waals surface area contributed by atoms with Crippen LogP contribution in [0.2, 0.25) is 0 Å². The molecule has 0 fully saturated rings. The minimum atomic E-state index is -3.83. The van der Waals surface area contributed by atoms with Crippen LogP contribution in [0.1, 0.15) is 15.7 Å². The van der Waals surface area contributed by atoms with Crippen molar-refractivity contribution in [2.24, 2.45) is 0 Å². The molecule has 0 bridgehead atoms. The number of sulfone groups is 1. The largest absolute Gasteiger partial charge is 0.445 e. The standard InChI is InChI=1S/C20H18FNO4S2/c21-16-8-10-17(11-9-16)28(24,25)19(18-7-4-12-27-18)13-22-20(23)26-14-15-5-2-1-3-6-15/h1-12,19H,13-14H2,(H,22,23)/t19-/m0/s1. The number of hydrogen-bond donors (Lipinski definition) is 1. The van der Waals surface area contributed by atoms with Gasteiger partial charge in [0.2, 0.25) is 0 Å². The second-order valence-electron chi connectivity index (χ2n) is 5.95. The van der Waals surface area contributed by atoms with Crippen molar-refractivity contribution in [3.8, 4) is 0 Å². The Bertz CT molecular complexity index is 1000. The molecule has 0 spiro atoms. The van der Waals surface area contributed by atoms with Gasteiger partial charge >= 0.3 is 6.09 Å². The van der Waals surface area contributed by atoms with Crippen molar-refractivity contribution in [3.63, 3.8) is 0 Å². The minimum Gasteiger partial charge on any atom is -0.445 e. The van der Waals surface area contributed by atoms with E-state index in [1.54, 1.807) is 17.5 Å².